The second kappa shape index (κ2) is 6.74. The lowest BCUT2D eigenvalue weighted by Gasteiger charge is -2.37. The van der Waals surface area contributed by atoms with Crippen molar-refractivity contribution in [1.82, 2.24) is 14.8 Å². The first-order chi connectivity index (χ1) is 14.1. The minimum absolute atomic E-state index is 0.0457. The summed E-state index contributed by atoms with van der Waals surface area (Å²) in [6.45, 7) is 4.21. The standard InChI is InChI=1S/C23H21N3O2S/c1-3-12-25-22(27)19-13-17-16-6-4-5-7-18(16)24-20(17)21(26(19)23(25)29)14-8-10-15(28-2)11-9-14/h3-11,19,21,24H,1,12-13H2,2H3. The summed E-state index contributed by atoms with van der Waals surface area (Å²) in [6, 6.07) is 15.8. The third kappa shape index (κ3) is 2.59. The van der Waals surface area contributed by atoms with Crippen molar-refractivity contribution in [2.75, 3.05) is 13.7 Å². The van der Waals surface area contributed by atoms with E-state index in [0.29, 0.717) is 18.1 Å². The molecule has 3 aromatic rings. The average Bonchev–Trinajstić information content (AvgIpc) is 3.23. The van der Waals surface area contributed by atoms with Crippen LogP contribution in [-0.2, 0) is 11.2 Å². The summed E-state index contributed by atoms with van der Waals surface area (Å²) in [6.07, 6.45) is 2.36. The zero-order valence-electron chi connectivity index (χ0n) is 16.1. The molecule has 1 saturated heterocycles. The van der Waals surface area contributed by atoms with Crippen molar-refractivity contribution in [2.24, 2.45) is 0 Å². The molecule has 29 heavy (non-hydrogen) atoms. The number of hydrogen-bond acceptors (Lipinski definition) is 3. The highest BCUT2D eigenvalue weighted by Crippen LogP contribution is 2.44. The summed E-state index contributed by atoms with van der Waals surface area (Å²) in [4.78, 5) is 20.6. The lowest BCUT2D eigenvalue weighted by atomic mass is 9.89. The van der Waals surface area contributed by atoms with E-state index in [1.54, 1.807) is 18.1 Å². The first-order valence-corrected chi connectivity index (χ1v) is 10.0. The van der Waals surface area contributed by atoms with Crippen molar-refractivity contribution in [3.63, 3.8) is 0 Å². The number of carbonyl (C=O) groups is 1. The van der Waals surface area contributed by atoms with Gasteiger partial charge < -0.3 is 14.6 Å². The summed E-state index contributed by atoms with van der Waals surface area (Å²) in [5.74, 6) is 0.843. The van der Waals surface area contributed by atoms with E-state index in [2.05, 4.69) is 28.6 Å². The van der Waals surface area contributed by atoms with Crippen LogP contribution in [0.3, 0.4) is 0 Å². The predicted molar refractivity (Wildman–Crippen MR) is 117 cm³/mol. The number of nitrogens with zero attached hydrogens (tertiary/aromatic N) is 2. The Morgan fingerprint density at radius 3 is 2.72 bits per heavy atom. The van der Waals surface area contributed by atoms with E-state index in [0.717, 1.165) is 22.5 Å². The number of thiocarbonyl (C=S) groups is 1. The third-order valence-electron chi connectivity index (χ3n) is 5.88. The molecular weight excluding hydrogens is 382 g/mol. The number of aromatic nitrogens is 1. The SMILES string of the molecule is C=CCN1C(=O)C2Cc3c([nH]c4ccccc34)C(c3ccc(OC)cc3)N2C1=S. The lowest BCUT2D eigenvalue weighted by molar-refractivity contribution is -0.128. The smallest absolute Gasteiger partial charge is 0.252 e. The summed E-state index contributed by atoms with van der Waals surface area (Å²) >= 11 is 5.76. The van der Waals surface area contributed by atoms with Gasteiger partial charge in [0.05, 0.1) is 13.2 Å². The molecule has 0 bridgehead atoms. The molecule has 5 nitrogen and oxygen atoms in total. The Balaban J connectivity index is 1.71. The van der Waals surface area contributed by atoms with Gasteiger partial charge in [-0.05, 0) is 41.5 Å². The van der Waals surface area contributed by atoms with Crippen molar-refractivity contribution in [2.45, 2.75) is 18.5 Å². The zero-order chi connectivity index (χ0) is 20.1. The van der Waals surface area contributed by atoms with Crippen LogP contribution in [0.15, 0.2) is 61.2 Å². The highest BCUT2D eigenvalue weighted by molar-refractivity contribution is 7.80. The van der Waals surface area contributed by atoms with Gasteiger partial charge in [0.2, 0.25) is 0 Å². The van der Waals surface area contributed by atoms with E-state index in [4.69, 9.17) is 17.0 Å². The maximum Gasteiger partial charge on any atom is 0.252 e. The van der Waals surface area contributed by atoms with Gasteiger partial charge in [0.1, 0.15) is 11.8 Å². The van der Waals surface area contributed by atoms with Gasteiger partial charge in [-0.1, -0.05) is 36.4 Å². The van der Waals surface area contributed by atoms with Crippen LogP contribution in [0, 0.1) is 0 Å². The van der Waals surface area contributed by atoms with Crippen LogP contribution in [0.2, 0.25) is 0 Å². The number of H-pyrrole nitrogens is 1. The highest BCUT2D eigenvalue weighted by atomic mass is 32.1. The number of para-hydroxylation sites is 1. The van der Waals surface area contributed by atoms with Crippen LogP contribution in [0.4, 0.5) is 0 Å². The Hall–Kier alpha value is -3.12. The molecule has 0 spiro atoms. The summed E-state index contributed by atoms with van der Waals surface area (Å²) < 4.78 is 5.33. The zero-order valence-corrected chi connectivity index (χ0v) is 16.9. The normalized spacial score (nSPS) is 20.7. The lowest BCUT2D eigenvalue weighted by Crippen LogP contribution is -2.44. The van der Waals surface area contributed by atoms with Crippen molar-refractivity contribution < 1.29 is 9.53 Å². The molecule has 2 aliphatic rings. The summed E-state index contributed by atoms with van der Waals surface area (Å²) in [7, 11) is 1.66. The Morgan fingerprint density at radius 2 is 2.00 bits per heavy atom. The highest BCUT2D eigenvalue weighted by Gasteiger charge is 2.50. The van der Waals surface area contributed by atoms with E-state index in [-0.39, 0.29) is 18.0 Å². The average molecular weight is 404 g/mol. The van der Waals surface area contributed by atoms with E-state index in [9.17, 15) is 4.79 Å². The quantitative estimate of drug-likeness (QED) is 0.532. The number of methoxy groups -OCH3 is 1. The van der Waals surface area contributed by atoms with Crippen molar-refractivity contribution in [3.8, 4) is 5.75 Å². The molecular formula is C23H21N3O2S. The number of rotatable bonds is 4. The molecule has 1 amide bonds. The summed E-state index contributed by atoms with van der Waals surface area (Å²) in [5, 5.41) is 1.73. The van der Waals surface area contributed by atoms with Gasteiger partial charge in [-0.25, -0.2) is 0 Å². The number of hydrogen-bond donors (Lipinski definition) is 1. The number of aromatic amines is 1. The van der Waals surface area contributed by atoms with E-state index >= 15 is 0 Å². The third-order valence-corrected chi connectivity index (χ3v) is 6.31. The fourth-order valence-electron chi connectivity index (χ4n) is 4.56. The second-order valence-corrected chi connectivity index (χ2v) is 7.75. The van der Waals surface area contributed by atoms with Gasteiger partial charge in [-0.15, -0.1) is 6.58 Å². The Bertz CT molecular complexity index is 1130. The van der Waals surface area contributed by atoms with Crippen LogP contribution in [0.25, 0.3) is 10.9 Å². The van der Waals surface area contributed by atoms with Crippen molar-refractivity contribution >= 4 is 34.1 Å². The number of amides is 1. The van der Waals surface area contributed by atoms with Crippen molar-refractivity contribution in [3.05, 3.63) is 78.0 Å². The minimum atomic E-state index is -0.304. The number of ether oxygens (including phenoxy) is 1. The minimum Gasteiger partial charge on any atom is -0.497 e. The molecule has 6 heteroatoms. The molecule has 2 unspecified atom stereocenters. The molecule has 2 aliphatic heterocycles. The predicted octanol–water partition coefficient (Wildman–Crippen LogP) is 3.81. The monoisotopic (exact) mass is 403 g/mol. The molecule has 3 heterocycles. The van der Waals surface area contributed by atoms with Gasteiger partial charge in [-0.3, -0.25) is 9.69 Å². The van der Waals surface area contributed by atoms with Gasteiger partial charge in [0.25, 0.3) is 5.91 Å². The number of benzene rings is 2. The largest absolute Gasteiger partial charge is 0.497 e. The molecule has 2 atom stereocenters. The topological polar surface area (TPSA) is 48.6 Å². The molecule has 5 rings (SSSR count). The molecule has 1 aromatic heterocycles. The molecule has 146 valence electrons. The van der Waals surface area contributed by atoms with Gasteiger partial charge in [0.15, 0.2) is 5.11 Å². The molecule has 0 radical (unpaired) electrons. The first kappa shape index (κ1) is 17.9. The van der Waals surface area contributed by atoms with Crippen molar-refractivity contribution in [1.29, 1.82) is 0 Å². The Morgan fingerprint density at radius 1 is 1.24 bits per heavy atom. The van der Waals surface area contributed by atoms with Crippen LogP contribution < -0.4 is 4.74 Å². The fourth-order valence-corrected chi connectivity index (χ4v) is 4.96. The maximum absolute atomic E-state index is 13.2. The van der Waals surface area contributed by atoms with E-state index in [1.165, 1.54) is 10.9 Å². The summed E-state index contributed by atoms with van der Waals surface area (Å²) in [5.41, 5.74) is 4.44. The van der Waals surface area contributed by atoms with Gasteiger partial charge >= 0.3 is 0 Å². The van der Waals surface area contributed by atoms with E-state index < -0.39 is 0 Å². The van der Waals surface area contributed by atoms with Crippen LogP contribution >= 0.6 is 12.2 Å². The molecule has 1 fully saturated rings. The van der Waals surface area contributed by atoms with Gasteiger partial charge in [-0.2, -0.15) is 0 Å². The van der Waals surface area contributed by atoms with Crippen LogP contribution in [0.5, 0.6) is 5.75 Å². The molecule has 1 N–H and O–H groups in total. The second-order valence-electron chi connectivity index (χ2n) is 7.39. The van der Waals surface area contributed by atoms with Gasteiger partial charge in [0, 0.05) is 29.6 Å². The maximum atomic E-state index is 13.2. The van der Waals surface area contributed by atoms with Crippen LogP contribution in [-0.4, -0.2) is 45.5 Å². The Kier molecular flexibility index (Phi) is 4.17. The number of nitrogens with one attached hydrogen (secondary N) is 1. The Labute approximate surface area is 174 Å². The van der Waals surface area contributed by atoms with E-state index in [1.807, 2.05) is 36.4 Å². The first-order valence-electron chi connectivity index (χ1n) is 9.62. The fraction of sp³-hybridized carbons (Fsp3) is 0.217. The van der Waals surface area contributed by atoms with Crippen LogP contribution in [0.1, 0.15) is 22.9 Å². The molecule has 0 aliphatic carbocycles. The number of fused-ring (bicyclic) bond motifs is 4. The molecule has 0 saturated carbocycles. The molecule has 2 aromatic carbocycles. The number of carbonyl (C=O) groups excluding carboxylic acids is 1.